The lowest BCUT2D eigenvalue weighted by Crippen LogP contribution is -2.51. The Bertz CT molecular complexity index is 424. The molecule has 24 heavy (non-hydrogen) atoms. The molecule has 0 aromatic carbocycles. The number of rotatable bonds is 7. The quantitative estimate of drug-likeness (QED) is 0.598. The summed E-state index contributed by atoms with van der Waals surface area (Å²) in [7, 11) is 0. The molecule has 2 rings (SSSR count). The third-order valence-corrected chi connectivity index (χ3v) is 5.41. The lowest BCUT2D eigenvalue weighted by molar-refractivity contribution is -0.132. The van der Waals surface area contributed by atoms with E-state index in [0.29, 0.717) is 38.6 Å². The van der Waals surface area contributed by atoms with Gasteiger partial charge in [-0.15, -0.1) is 0 Å². The van der Waals surface area contributed by atoms with Gasteiger partial charge in [0.05, 0.1) is 5.41 Å². The van der Waals surface area contributed by atoms with E-state index in [1.165, 1.54) is 19.3 Å². The molecule has 2 fully saturated rings. The predicted molar refractivity (Wildman–Crippen MR) is 92.6 cm³/mol. The molecule has 7 nitrogen and oxygen atoms in total. The summed E-state index contributed by atoms with van der Waals surface area (Å²) in [5, 5.41) is 5.67. The van der Waals surface area contributed by atoms with Gasteiger partial charge in [0.1, 0.15) is 0 Å². The van der Waals surface area contributed by atoms with E-state index in [9.17, 15) is 9.59 Å². The average molecular weight is 340 g/mol. The van der Waals surface area contributed by atoms with Crippen LogP contribution in [0, 0.1) is 5.41 Å². The van der Waals surface area contributed by atoms with Crippen LogP contribution in [0.5, 0.6) is 0 Å². The van der Waals surface area contributed by atoms with Crippen molar-refractivity contribution in [1.82, 2.24) is 15.5 Å². The summed E-state index contributed by atoms with van der Waals surface area (Å²) in [6.45, 7) is 6.40. The van der Waals surface area contributed by atoms with Gasteiger partial charge in [-0.1, -0.05) is 6.42 Å². The van der Waals surface area contributed by atoms with E-state index in [2.05, 4.69) is 22.5 Å². The van der Waals surface area contributed by atoms with Crippen molar-refractivity contribution in [2.24, 2.45) is 11.1 Å². The summed E-state index contributed by atoms with van der Waals surface area (Å²) in [6, 6.07) is 0.422. The molecule has 0 spiro atoms. The third kappa shape index (κ3) is 5.34. The number of urea groups is 1. The van der Waals surface area contributed by atoms with Crippen LogP contribution in [0.2, 0.25) is 0 Å². The van der Waals surface area contributed by atoms with Crippen molar-refractivity contribution in [2.45, 2.75) is 51.5 Å². The number of piperidine rings is 1. The zero-order valence-corrected chi connectivity index (χ0v) is 14.8. The summed E-state index contributed by atoms with van der Waals surface area (Å²) in [5.41, 5.74) is 4.87. The topological polar surface area (TPSA) is 96.7 Å². The van der Waals surface area contributed by atoms with E-state index >= 15 is 0 Å². The Morgan fingerprint density at radius 2 is 2.00 bits per heavy atom. The maximum absolute atomic E-state index is 11.9. The molecule has 0 saturated carbocycles. The standard InChI is InChI=1S/C17H32N4O3/c1-14-5-2-3-9-21(14)10-4-8-19-16(23)20-13-17(15(18)22)6-11-24-12-7-17/h14H,2-13H2,1H3,(H2,18,22)(H2,19,20,23)/t14-/m0/s1. The van der Waals surface area contributed by atoms with Gasteiger partial charge in [0.25, 0.3) is 0 Å². The second-order valence-corrected chi connectivity index (χ2v) is 7.10. The summed E-state index contributed by atoms with van der Waals surface area (Å²) >= 11 is 0. The van der Waals surface area contributed by atoms with Gasteiger partial charge in [0.2, 0.25) is 5.91 Å². The number of amides is 3. The lowest BCUT2D eigenvalue weighted by Gasteiger charge is -2.34. The first kappa shape index (κ1) is 19.0. The van der Waals surface area contributed by atoms with Crippen molar-refractivity contribution >= 4 is 11.9 Å². The number of hydrogen-bond donors (Lipinski definition) is 3. The molecular weight excluding hydrogens is 308 g/mol. The van der Waals surface area contributed by atoms with Gasteiger partial charge in [-0.05, 0) is 45.6 Å². The second-order valence-electron chi connectivity index (χ2n) is 7.10. The largest absolute Gasteiger partial charge is 0.381 e. The molecule has 138 valence electrons. The molecule has 3 amide bonds. The highest BCUT2D eigenvalue weighted by Crippen LogP contribution is 2.29. The minimum atomic E-state index is -0.668. The van der Waals surface area contributed by atoms with Crippen molar-refractivity contribution in [1.29, 1.82) is 0 Å². The molecule has 1 atom stereocenters. The molecule has 0 aromatic rings. The average Bonchev–Trinajstić information content (AvgIpc) is 2.59. The van der Waals surface area contributed by atoms with Crippen LogP contribution in [0.1, 0.15) is 45.4 Å². The number of nitrogens with one attached hydrogen (secondary N) is 2. The van der Waals surface area contributed by atoms with Crippen LogP contribution in [-0.2, 0) is 9.53 Å². The molecular formula is C17H32N4O3. The number of carbonyl (C=O) groups is 2. The minimum absolute atomic E-state index is 0.228. The number of ether oxygens (including phenoxy) is 1. The first-order valence-corrected chi connectivity index (χ1v) is 9.17. The number of likely N-dealkylation sites (tertiary alicyclic amines) is 1. The molecule has 0 bridgehead atoms. The summed E-state index contributed by atoms with van der Waals surface area (Å²) in [6.07, 6.45) is 5.94. The van der Waals surface area contributed by atoms with Crippen molar-refractivity contribution in [2.75, 3.05) is 39.4 Å². The van der Waals surface area contributed by atoms with Crippen LogP contribution < -0.4 is 16.4 Å². The molecule has 2 aliphatic heterocycles. The molecule has 0 aliphatic carbocycles. The first-order valence-electron chi connectivity index (χ1n) is 9.17. The second kappa shape index (κ2) is 9.22. The fourth-order valence-corrected chi connectivity index (χ4v) is 3.56. The molecule has 0 aromatic heterocycles. The van der Waals surface area contributed by atoms with Gasteiger partial charge >= 0.3 is 6.03 Å². The van der Waals surface area contributed by atoms with Crippen LogP contribution in [0.25, 0.3) is 0 Å². The van der Waals surface area contributed by atoms with Crippen LogP contribution in [0.4, 0.5) is 4.79 Å². The molecule has 4 N–H and O–H groups in total. The van der Waals surface area contributed by atoms with Crippen LogP contribution in [0.3, 0.4) is 0 Å². The summed E-state index contributed by atoms with van der Waals surface area (Å²) < 4.78 is 5.29. The first-order chi connectivity index (χ1) is 11.5. The SMILES string of the molecule is C[C@H]1CCCCN1CCCNC(=O)NCC1(C(N)=O)CCOCC1. The molecule has 2 aliphatic rings. The Kier molecular flexibility index (Phi) is 7.30. The number of nitrogens with zero attached hydrogens (tertiary/aromatic N) is 1. The van der Waals surface area contributed by atoms with Crippen molar-refractivity contribution in [3.8, 4) is 0 Å². The maximum atomic E-state index is 11.9. The van der Waals surface area contributed by atoms with E-state index in [1.807, 2.05) is 0 Å². The van der Waals surface area contributed by atoms with E-state index in [4.69, 9.17) is 10.5 Å². The number of carbonyl (C=O) groups excluding carboxylic acids is 2. The Morgan fingerprint density at radius 1 is 1.25 bits per heavy atom. The predicted octanol–water partition coefficient (Wildman–Crippen LogP) is 0.832. The van der Waals surface area contributed by atoms with E-state index in [1.54, 1.807) is 0 Å². The van der Waals surface area contributed by atoms with Gasteiger partial charge < -0.3 is 26.0 Å². The van der Waals surface area contributed by atoms with Crippen molar-refractivity contribution in [3.63, 3.8) is 0 Å². The highest BCUT2D eigenvalue weighted by Gasteiger charge is 2.38. The molecule has 0 unspecified atom stereocenters. The van der Waals surface area contributed by atoms with Gasteiger partial charge in [0.15, 0.2) is 0 Å². The summed E-state index contributed by atoms with van der Waals surface area (Å²) in [5.74, 6) is -0.356. The highest BCUT2D eigenvalue weighted by molar-refractivity contribution is 5.82. The van der Waals surface area contributed by atoms with E-state index in [0.717, 1.165) is 19.5 Å². The normalized spacial score (nSPS) is 24.3. The molecule has 7 heteroatoms. The molecule has 0 radical (unpaired) electrons. The smallest absolute Gasteiger partial charge is 0.314 e. The van der Waals surface area contributed by atoms with Crippen LogP contribution in [-0.4, -0.2) is 62.3 Å². The monoisotopic (exact) mass is 340 g/mol. The van der Waals surface area contributed by atoms with Gasteiger partial charge in [-0.3, -0.25) is 4.79 Å². The van der Waals surface area contributed by atoms with E-state index in [-0.39, 0.29) is 18.5 Å². The number of primary amides is 1. The number of nitrogens with two attached hydrogens (primary N) is 1. The maximum Gasteiger partial charge on any atom is 0.314 e. The van der Waals surface area contributed by atoms with Gasteiger partial charge in [0, 0.05) is 38.9 Å². The minimum Gasteiger partial charge on any atom is -0.381 e. The number of hydrogen-bond acceptors (Lipinski definition) is 4. The Morgan fingerprint density at radius 3 is 2.67 bits per heavy atom. The Labute approximate surface area is 144 Å². The van der Waals surface area contributed by atoms with Crippen molar-refractivity contribution < 1.29 is 14.3 Å². The molecule has 2 heterocycles. The fraction of sp³-hybridized carbons (Fsp3) is 0.882. The van der Waals surface area contributed by atoms with E-state index < -0.39 is 5.41 Å². The van der Waals surface area contributed by atoms with Crippen LogP contribution >= 0.6 is 0 Å². The molecule has 2 saturated heterocycles. The zero-order valence-electron chi connectivity index (χ0n) is 14.8. The van der Waals surface area contributed by atoms with Gasteiger partial charge in [-0.2, -0.15) is 0 Å². The highest BCUT2D eigenvalue weighted by atomic mass is 16.5. The fourth-order valence-electron chi connectivity index (χ4n) is 3.56. The Hall–Kier alpha value is -1.34. The lowest BCUT2D eigenvalue weighted by atomic mass is 9.79. The van der Waals surface area contributed by atoms with Crippen LogP contribution in [0.15, 0.2) is 0 Å². The third-order valence-electron chi connectivity index (χ3n) is 5.41. The summed E-state index contributed by atoms with van der Waals surface area (Å²) in [4.78, 5) is 26.2. The zero-order chi connectivity index (χ0) is 17.4. The Balaban J connectivity index is 1.63. The van der Waals surface area contributed by atoms with Crippen molar-refractivity contribution in [3.05, 3.63) is 0 Å². The van der Waals surface area contributed by atoms with Gasteiger partial charge in [-0.25, -0.2) is 4.79 Å².